The van der Waals surface area contributed by atoms with Crippen molar-refractivity contribution in [1.29, 1.82) is 0 Å². The van der Waals surface area contributed by atoms with E-state index in [9.17, 15) is 0 Å². The topological polar surface area (TPSA) is 21.3 Å². The van der Waals surface area contributed by atoms with Crippen molar-refractivity contribution in [1.82, 2.24) is 5.32 Å². The third-order valence-corrected chi connectivity index (χ3v) is 3.81. The summed E-state index contributed by atoms with van der Waals surface area (Å²) in [6, 6.07) is 9.26. The first kappa shape index (κ1) is 10.2. The van der Waals surface area contributed by atoms with Gasteiger partial charge in [0.05, 0.1) is 6.61 Å². The molecular formula is C14H19NO. The fraction of sp³-hybridized carbons (Fsp3) is 0.571. The number of nitrogens with one attached hydrogen (secondary N) is 1. The van der Waals surface area contributed by atoms with Gasteiger partial charge in [-0.2, -0.15) is 0 Å². The van der Waals surface area contributed by atoms with Crippen LogP contribution in [0.15, 0.2) is 24.3 Å². The highest BCUT2D eigenvalue weighted by Crippen LogP contribution is 2.36. The molecule has 2 nitrogen and oxygen atoms in total. The van der Waals surface area contributed by atoms with Crippen molar-refractivity contribution in [3.05, 3.63) is 29.8 Å². The number of benzene rings is 1. The minimum absolute atomic E-state index is 0.695. The monoisotopic (exact) mass is 217 g/mol. The van der Waals surface area contributed by atoms with Gasteiger partial charge in [-0.05, 0) is 49.8 Å². The fourth-order valence-electron chi connectivity index (χ4n) is 2.96. The van der Waals surface area contributed by atoms with Gasteiger partial charge in [0.1, 0.15) is 5.75 Å². The van der Waals surface area contributed by atoms with Gasteiger partial charge < -0.3 is 10.1 Å². The van der Waals surface area contributed by atoms with Gasteiger partial charge >= 0.3 is 0 Å². The summed E-state index contributed by atoms with van der Waals surface area (Å²) in [5.41, 5.74) is 1.42. The van der Waals surface area contributed by atoms with Crippen LogP contribution in [-0.4, -0.2) is 19.2 Å². The molecule has 3 rings (SSSR count). The van der Waals surface area contributed by atoms with Gasteiger partial charge in [-0.25, -0.2) is 0 Å². The quantitative estimate of drug-likeness (QED) is 0.822. The van der Waals surface area contributed by atoms with E-state index in [0.717, 1.165) is 18.4 Å². The van der Waals surface area contributed by atoms with E-state index in [-0.39, 0.29) is 0 Å². The second-order valence-corrected chi connectivity index (χ2v) is 4.90. The molecule has 2 unspecified atom stereocenters. The molecular weight excluding hydrogens is 198 g/mol. The van der Waals surface area contributed by atoms with Crippen LogP contribution in [0.1, 0.15) is 37.2 Å². The first-order valence-electron chi connectivity index (χ1n) is 6.38. The van der Waals surface area contributed by atoms with Crippen LogP contribution in [0.25, 0.3) is 0 Å². The van der Waals surface area contributed by atoms with Gasteiger partial charge in [-0.15, -0.1) is 0 Å². The first-order valence-corrected chi connectivity index (χ1v) is 6.38. The minimum Gasteiger partial charge on any atom is -0.493 e. The molecule has 1 saturated heterocycles. The maximum Gasteiger partial charge on any atom is 0.122 e. The normalized spacial score (nSPS) is 28.5. The second-order valence-electron chi connectivity index (χ2n) is 4.90. The van der Waals surface area contributed by atoms with Gasteiger partial charge in [0.2, 0.25) is 0 Å². The molecule has 2 atom stereocenters. The Hall–Kier alpha value is -1.02. The largest absolute Gasteiger partial charge is 0.493 e. The number of ether oxygens (including phenoxy) is 1. The Kier molecular flexibility index (Phi) is 2.83. The van der Waals surface area contributed by atoms with E-state index in [2.05, 4.69) is 29.6 Å². The third kappa shape index (κ3) is 1.94. The number of hydrogen-bond acceptors (Lipinski definition) is 2. The van der Waals surface area contributed by atoms with E-state index in [4.69, 9.17) is 4.74 Å². The Morgan fingerprint density at radius 3 is 3.06 bits per heavy atom. The van der Waals surface area contributed by atoms with Crippen LogP contribution < -0.4 is 10.1 Å². The van der Waals surface area contributed by atoms with Crippen molar-refractivity contribution in [2.45, 2.75) is 37.6 Å². The number of fused-ring (bicyclic) bond motifs is 1. The van der Waals surface area contributed by atoms with E-state index in [1.54, 1.807) is 0 Å². The van der Waals surface area contributed by atoms with E-state index in [0.29, 0.717) is 5.92 Å². The van der Waals surface area contributed by atoms with Crippen LogP contribution >= 0.6 is 0 Å². The summed E-state index contributed by atoms with van der Waals surface area (Å²) in [4.78, 5) is 0. The predicted molar refractivity (Wildman–Crippen MR) is 64.9 cm³/mol. The van der Waals surface area contributed by atoms with Crippen LogP contribution in [0.5, 0.6) is 5.75 Å². The molecule has 2 heteroatoms. The molecule has 0 saturated carbocycles. The van der Waals surface area contributed by atoms with Crippen LogP contribution in [0.4, 0.5) is 0 Å². The van der Waals surface area contributed by atoms with Gasteiger partial charge in [-0.1, -0.05) is 18.2 Å². The van der Waals surface area contributed by atoms with Crippen LogP contribution in [0.2, 0.25) is 0 Å². The van der Waals surface area contributed by atoms with E-state index < -0.39 is 0 Å². The molecule has 86 valence electrons. The lowest BCUT2D eigenvalue weighted by Gasteiger charge is -2.27. The van der Waals surface area contributed by atoms with E-state index in [1.165, 1.54) is 37.8 Å². The third-order valence-electron chi connectivity index (χ3n) is 3.81. The molecule has 1 aromatic carbocycles. The zero-order chi connectivity index (χ0) is 10.8. The molecule has 0 spiro atoms. The lowest BCUT2D eigenvalue weighted by molar-refractivity contribution is 0.257. The molecule has 2 heterocycles. The zero-order valence-electron chi connectivity index (χ0n) is 9.61. The Morgan fingerprint density at radius 2 is 2.19 bits per heavy atom. The van der Waals surface area contributed by atoms with Gasteiger partial charge in [-0.3, -0.25) is 0 Å². The summed E-state index contributed by atoms with van der Waals surface area (Å²) >= 11 is 0. The van der Waals surface area contributed by atoms with Crippen LogP contribution in [0, 0.1) is 0 Å². The van der Waals surface area contributed by atoms with Crippen molar-refractivity contribution in [3.8, 4) is 5.75 Å². The molecule has 2 aliphatic heterocycles. The van der Waals surface area contributed by atoms with Crippen molar-refractivity contribution < 1.29 is 4.74 Å². The van der Waals surface area contributed by atoms with Crippen molar-refractivity contribution >= 4 is 0 Å². The van der Waals surface area contributed by atoms with E-state index >= 15 is 0 Å². The van der Waals surface area contributed by atoms with Crippen molar-refractivity contribution in [3.63, 3.8) is 0 Å². The highest BCUT2D eigenvalue weighted by Gasteiger charge is 2.25. The summed E-state index contributed by atoms with van der Waals surface area (Å²) in [6.07, 6.45) is 5.14. The molecule has 16 heavy (non-hydrogen) atoms. The molecule has 0 aromatic heterocycles. The molecule has 0 bridgehead atoms. The minimum atomic E-state index is 0.695. The number of hydrogen-bond donors (Lipinski definition) is 1. The molecule has 1 fully saturated rings. The van der Waals surface area contributed by atoms with Gasteiger partial charge in [0.25, 0.3) is 0 Å². The van der Waals surface area contributed by atoms with E-state index in [1.807, 2.05) is 0 Å². The van der Waals surface area contributed by atoms with Crippen LogP contribution in [0.3, 0.4) is 0 Å². The van der Waals surface area contributed by atoms with Gasteiger partial charge in [0, 0.05) is 6.04 Å². The smallest absolute Gasteiger partial charge is 0.122 e. The fourth-order valence-corrected chi connectivity index (χ4v) is 2.96. The Labute approximate surface area is 97.0 Å². The molecule has 0 aliphatic carbocycles. The summed E-state index contributed by atoms with van der Waals surface area (Å²) in [7, 11) is 0. The van der Waals surface area contributed by atoms with Crippen molar-refractivity contribution in [2.75, 3.05) is 13.2 Å². The summed E-state index contributed by atoms with van der Waals surface area (Å²) < 4.78 is 5.70. The summed E-state index contributed by atoms with van der Waals surface area (Å²) in [5.74, 6) is 1.80. The maximum atomic E-state index is 5.70. The SMILES string of the molecule is c1ccc2c(c1)OCCC2CC1CCCN1. The first-order chi connectivity index (χ1) is 7.93. The maximum absolute atomic E-state index is 5.70. The Bertz CT molecular complexity index is 358. The molecule has 0 radical (unpaired) electrons. The Morgan fingerprint density at radius 1 is 1.25 bits per heavy atom. The highest BCUT2D eigenvalue weighted by atomic mass is 16.5. The van der Waals surface area contributed by atoms with Gasteiger partial charge in [0.15, 0.2) is 0 Å². The lowest BCUT2D eigenvalue weighted by atomic mass is 9.87. The number of para-hydroxylation sites is 1. The molecule has 2 aliphatic rings. The highest BCUT2D eigenvalue weighted by molar-refractivity contribution is 5.37. The molecule has 1 aromatic rings. The van der Waals surface area contributed by atoms with Crippen LogP contribution in [-0.2, 0) is 0 Å². The molecule has 1 N–H and O–H groups in total. The average molecular weight is 217 g/mol. The van der Waals surface area contributed by atoms with Crippen molar-refractivity contribution in [2.24, 2.45) is 0 Å². The predicted octanol–water partition coefficient (Wildman–Crippen LogP) is 2.69. The standard InChI is InChI=1S/C14H19NO/c1-2-6-14-13(5-1)11(7-9-16-14)10-12-4-3-8-15-12/h1-2,5-6,11-12,15H,3-4,7-10H2. The lowest BCUT2D eigenvalue weighted by Crippen LogP contribution is -2.26. The molecule has 0 amide bonds. The second kappa shape index (κ2) is 4.46. The summed E-state index contributed by atoms with van der Waals surface area (Å²) in [5, 5.41) is 3.59. The summed E-state index contributed by atoms with van der Waals surface area (Å²) in [6.45, 7) is 2.09. The Balaban J connectivity index is 1.76. The zero-order valence-corrected chi connectivity index (χ0v) is 9.61. The average Bonchev–Trinajstić information content (AvgIpc) is 2.82. The number of rotatable bonds is 2.